The van der Waals surface area contributed by atoms with Crippen molar-refractivity contribution < 1.29 is 0 Å². The van der Waals surface area contributed by atoms with Crippen LogP contribution in [-0.2, 0) is 7.05 Å². The van der Waals surface area contributed by atoms with E-state index in [9.17, 15) is 0 Å². The molecule has 1 rings (SSSR count). The molecule has 0 fully saturated rings. The van der Waals surface area contributed by atoms with Crippen molar-refractivity contribution in [1.82, 2.24) is 9.78 Å². The van der Waals surface area contributed by atoms with E-state index in [4.69, 9.17) is 17.3 Å². The van der Waals surface area contributed by atoms with Crippen molar-refractivity contribution in [1.29, 1.82) is 0 Å². The maximum atomic E-state index is 5.81. The first kappa shape index (κ1) is 8.30. The Morgan fingerprint density at radius 3 is 3.00 bits per heavy atom. The Balaban J connectivity index is 2.85. The Bertz CT molecular complexity index is 265. The van der Waals surface area contributed by atoms with Crippen LogP contribution in [0.4, 0.5) is 0 Å². The molecule has 0 radical (unpaired) electrons. The molecule has 1 aromatic heterocycles. The number of nitrogens with two attached hydrogens (primary N) is 1. The van der Waals surface area contributed by atoms with E-state index in [0.717, 1.165) is 5.69 Å². The van der Waals surface area contributed by atoms with Gasteiger partial charge in [0.05, 0.1) is 5.02 Å². The maximum absolute atomic E-state index is 5.81. The average Bonchev–Trinajstić information content (AvgIpc) is 2.26. The molecule has 60 valence electrons. The van der Waals surface area contributed by atoms with Gasteiger partial charge in [-0.2, -0.15) is 5.10 Å². The van der Waals surface area contributed by atoms with E-state index >= 15 is 0 Å². The van der Waals surface area contributed by atoms with E-state index < -0.39 is 0 Å². The van der Waals surface area contributed by atoms with Gasteiger partial charge in [0.1, 0.15) is 5.69 Å². The van der Waals surface area contributed by atoms with Gasteiger partial charge in [0.2, 0.25) is 0 Å². The molecule has 0 amide bonds. The summed E-state index contributed by atoms with van der Waals surface area (Å²) in [6.45, 7) is 0.507. The third-order valence-electron chi connectivity index (χ3n) is 1.22. The van der Waals surface area contributed by atoms with E-state index in [2.05, 4.69) is 5.10 Å². The van der Waals surface area contributed by atoms with E-state index in [1.54, 1.807) is 10.9 Å². The fraction of sp³-hybridized carbons (Fsp3) is 0.286. The molecule has 1 heterocycles. The molecule has 0 saturated heterocycles. The predicted octanol–water partition coefficient (Wildman–Crippen LogP) is 1.05. The van der Waals surface area contributed by atoms with Gasteiger partial charge in [-0.1, -0.05) is 17.7 Å². The van der Waals surface area contributed by atoms with Crippen LogP contribution in [-0.4, -0.2) is 16.3 Å². The zero-order valence-corrected chi connectivity index (χ0v) is 7.04. The molecule has 11 heavy (non-hydrogen) atoms. The number of aryl methyl sites for hydroxylation is 1. The maximum Gasteiger partial charge on any atom is 0.103 e. The minimum absolute atomic E-state index is 0.507. The number of nitrogens with zero attached hydrogens (tertiary/aromatic N) is 2. The van der Waals surface area contributed by atoms with Crippen molar-refractivity contribution >= 4 is 17.7 Å². The SMILES string of the molecule is Cn1cc(Cl)c(C=CCN)n1. The minimum Gasteiger partial charge on any atom is -0.327 e. The molecule has 0 bridgehead atoms. The van der Waals surface area contributed by atoms with Crippen molar-refractivity contribution in [2.75, 3.05) is 6.54 Å². The minimum atomic E-state index is 0.507. The van der Waals surface area contributed by atoms with Gasteiger partial charge in [-0.3, -0.25) is 4.68 Å². The molecule has 1 aromatic rings. The highest BCUT2D eigenvalue weighted by molar-refractivity contribution is 6.31. The van der Waals surface area contributed by atoms with Gasteiger partial charge in [0, 0.05) is 19.8 Å². The van der Waals surface area contributed by atoms with Crippen LogP contribution in [0.2, 0.25) is 5.02 Å². The van der Waals surface area contributed by atoms with E-state index in [0.29, 0.717) is 11.6 Å². The lowest BCUT2D eigenvalue weighted by molar-refractivity contribution is 0.764. The zero-order chi connectivity index (χ0) is 8.27. The van der Waals surface area contributed by atoms with Crippen molar-refractivity contribution in [2.24, 2.45) is 12.8 Å². The standard InChI is InChI=1S/C7H10ClN3/c1-11-5-6(8)7(10-11)3-2-4-9/h2-3,5H,4,9H2,1H3. The summed E-state index contributed by atoms with van der Waals surface area (Å²) in [5.74, 6) is 0. The monoisotopic (exact) mass is 171 g/mol. The third-order valence-corrected chi connectivity index (χ3v) is 1.51. The first-order chi connectivity index (χ1) is 5.24. The number of halogens is 1. The Hall–Kier alpha value is -0.800. The summed E-state index contributed by atoms with van der Waals surface area (Å²) in [5.41, 5.74) is 6.03. The quantitative estimate of drug-likeness (QED) is 0.723. The fourth-order valence-electron chi connectivity index (χ4n) is 0.769. The molecule has 0 aliphatic heterocycles. The summed E-state index contributed by atoms with van der Waals surface area (Å²) >= 11 is 5.81. The van der Waals surface area contributed by atoms with Gasteiger partial charge in [-0.15, -0.1) is 0 Å². The molecule has 0 aliphatic carbocycles. The second-order valence-corrected chi connectivity index (χ2v) is 2.58. The van der Waals surface area contributed by atoms with Crippen LogP contribution in [0.15, 0.2) is 12.3 Å². The number of rotatable bonds is 2. The van der Waals surface area contributed by atoms with Crippen LogP contribution in [0.3, 0.4) is 0 Å². The van der Waals surface area contributed by atoms with Crippen molar-refractivity contribution in [3.63, 3.8) is 0 Å². The van der Waals surface area contributed by atoms with Gasteiger partial charge in [0.25, 0.3) is 0 Å². The summed E-state index contributed by atoms with van der Waals surface area (Å²) in [7, 11) is 1.83. The Kier molecular flexibility index (Phi) is 2.68. The lowest BCUT2D eigenvalue weighted by Gasteiger charge is -1.84. The molecule has 0 aliphatic rings. The second-order valence-electron chi connectivity index (χ2n) is 2.17. The molecular formula is C7H10ClN3. The summed E-state index contributed by atoms with van der Waals surface area (Å²) < 4.78 is 1.67. The Morgan fingerprint density at radius 1 is 1.82 bits per heavy atom. The Morgan fingerprint density at radius 2 is 2.55 bits per heavy atom. The highest BCUT2D eigenvalue weighted by atomic mass is 35.5. The van der Waals surface area contributed by atoms with Gasteiger partial charge in [-0.05, 0) is 6.08 Å². The lowest BCUT2D eigenvalue weighted by Crippen LogP contribution is -1.92. The van der Waals surface area contributed by atoms with Crippen LogP contribution in [0.1, 0.15) is 5.69 Å². The summed E-state index contributed by atoms with van der Waals surface area (Å²) in [6.07, 6.45) is 5.37. The molecule has 0 aromatic carbocycles. The van der Waals surface area contributed by atoms with Crippen LogP contribution in [0, 0.1) is 0 Å². The third kappa shape index (κ3) is 2.06. The largest absolute Gasteiger partial charge is 0.327 e. The molecule has 0 spiro atoms. The van der Waals surface area contributed by atoms with Crippen LogP contribution in [0.25, 0.3) is 6.08 Å². The normalized spacial score (nSPS) is 11.2. The van der Waals surface area contributed by atoms with E-state index in [1.165, 1.54) is 0 Å². The predicted molar refractivity (Wildman–Crippen MR) is 46.3 cm³/mol. The Labute approximate surface area is 70.5 Å². The van der Waals surface area contributed by atoms with Crippen molar-refractivity contribution in [3.05, 3.63) is 23.0 Å². The number of hydrogen-bond donors (Lipinski definition) is 1. The summed E-state index contributed by atoms with van der Waals surface area (Å²) in [4.78, 5) is 0. The van der Waals surface area contributed by atoms with E-state index in [-0.39, 0.29) is 0 Å². The van der Waals surface area contributed by atoms with Gasteiger partial charge >= 0.3 is 0 Å². The highest BCUT2D eigenvalue weighted by Crippen LogP contribution is 2.13. The second kappa shape index (κ2) is 3.55. The van der Waals surface area contributed by atoms with Gasteiger partial charge < -0.3 is 5.73 Å². The van der Waals surface area contributed by atoms with Crippen LogP contribution < -0.4 is 5.73 Å². The molecular weight excluding hydrogens is 162 g/mol. The highest BCUT2D eigenvalue weighted by Gasteiger charge is 1.99. The van der Waals surface area contributed by atoms with Crippen LogP contribution >= 0.6 is 11.6 Å². The molecule has 0 atom stereocenters. The molecule has 0 saturated carbocycles. The van der Waals surface area contributed by atoms with Crippen molar-refractivity contribution in [2.45, 2.75) is 0 Å². The topological polar surface area (TPSA) is 43.8 Å². The smallest absolute Gasteiger partial charge is 0.103 e. The average molecular weight is 172 g/mol. The van der Waals surface area contributed by atoms with Gasteiger partial charge in [0.15, 0.2) is 0 Å². The number of aromatic nitrogens is 2. The van der Waals surface area contributed by atoms with Gasteiger partial charge in [-0.25, -0.2) is 0 Å². The van der Waals surface area contributed by atoms with Crippen molar-refractivity contribution in [3.8, 4) is 0 Å². The summed E-state index contributed by atoms with van der Waals surface area (Å²) in [5, 5.41) is 4.74. The van der Waals surface area contributed by atoms with Crippen LogP contribution in [0.5, 0.6) is 0 Å². The molecule has 2 N–H and O–H groups in total. The first-order valence-electron chi connectivity index (χ1n) is 3.30. The molecule has 4 heteroatoms. The zero-order valence-electron chi connectivity index (χ0n) is 6.29. The van der Waals surface area contributed by atoms with E-state index in [1.807, 2.05) is 19.2 Å². The fourth-order valence-corrected chi connectivity index (χ4v) is 1.01. The molecule has 0 unspecified atom stereocenters. The number of hydrogen-bond acceptors (Lipinski definition) is 2. The molecule has 3 nitrogen and oxygen atoms in total. The lowest BCUT2D eigenvalue weighted by atomic mass is 10.4. The summed E-state index contributed by atoms with van der Waals surface area (Å²) in [6, 6.07) is 0. The first-order valence-corrected chi connectivity index (χ1v) is 3.67.